The summed E-state index contributed by atoms with van der Waals surface area (Å²) >= 11 is 0. The predicted molar refractivity (Wildman–Crippen MR) is 75.9 cm³/mol. The van der Waals surface area contributed by atoms with E-state index in [1.54, 1.807) is 0 Å². The highest BCUT2D eigenvalue weighted by Crippen LogP contribution is 2.34. The normalized spacial score (nSPS) is 29.8. The molecule has 2 aliphatic rings. The number of aliphatic hydroxyl groups is 1. The molecule has 1 amide bonds. The maximum atomic E-state index is 12.3. The quantitative estimate of drug-likeness (QED) is 0.818. The van der Waals surface area contributed by atoms with Crippen molar-refractivity contribution in [2.45, 2.75) is 76.4 Å². The van der Waals surface area contributed by atoms with E-state index in [2.05, 4.69) is 24.1 Å². The molecule has 2 rings (SSSR count). The molecule has 1 unspecified atom stereocenters. The highest BCUT2D eigenvalue weighted by Gasteiger charge is 2.42. The van der Waals surface area contributed by atoms with Crippen molar-refractivity contribution in [3.8, 4) is 0 Å². The van der Waals surface area contributed by atoms with E-state index in [9.17, 15) is 9.90 Å². The van der Waals surface area contributed by atoms with Crippen LogP contribution in [0, 0.1) is 0 Å². The number of aliphatic hydroxyl groups excluding tert-OH is 1. The van der Waals surface area contributed by atoms with Gasteiger partial charge < -0.3 is 10.4 Å². The van der Waals surface area contributed by atoms with Crippen molar-refractivity contribution in [1.82, 2.24) is 10.2 Å². The maximum Gasteiger partial charge on any atom is 0.237 e. The van der Waals surface area contributed by atoms with Gasteiger partial charge in [0.25, 0.3) is 0 Å². The van der Waals surface area contributed by atoms with Crippen LogP contribution >= 0.6 is 0 Å². The van der Waals surface area contributed by atoms with Crippen LogP contribution in [0.25, 0.3) is 0 Å². The van der Waals surface area contributed by atoms with Gasteiger partial charge in [-0.1, -0.05) is 19.3 Å². The van der Waals surface area contributed by atoms with Crippen LogP contribution in [0.1, 0.15) is 58.8 Å². The Morgan fingerprint density at radius 2 is 2.00 bits per heavy atom. The van der Waals surface area contributed by atoms with Crippen LogP contribution in [-0.2, 0) is 4.79 Å². The minimum Gasteiger partial charge on any atom is -0.396 e. The Bertz CT molecular complexity index is 311. The Hall–Kier alpha value is -0.610. The van der Waals surface area contributed by atoms with Crippen LogP contribution < -0.4 is 5.32 Å². The molecule has 0 radical (unpaired) electrons. The molecule has 19 heavy (non-hydrogen) atoms. The Morgan fingerprint density at radius 3 is 2.63 bits per heavy atom. The highest BCUT2D eigenvalue weighted by molar-refractivity contribution is 5.82. The topological polar surface area (TPSA) is 52.6 Å². The van der Waals surface area contributed by atoms with Crippen LogP contribution in [-0.4, -0.2) is 46.7 Å². The predicted octanol–water partition coefficient (Wildman–Crippen LogP) is 1.67. The lowest BCUT2D eigenvalue weighted by molar-refractivity contribution is -0.129. The number of carbonyl (C=O) groups is 1. The second-order valence-electron chi connectivity index (χ2n) is 6.58. The summed E-state index contributed by atoms with van der Waals surface area (Å²) in [6, 6.07) is 0.342. The molecular weight excluding hydrogens is 240 g/mol. The number of hydrogen-bond donors (Lipinski definition) is 2. The van der Waals surface area contributed by atoms with Gasteiger partial charge in [-0.2, -0.15) is 0 Å². The van der Waals surface area contributed by atoms with Gasteiger partial charge in [-0.25, -0.2) is 0 Å². The van der Waals surface area contributed by atoms with Gasteiger partial charge in [0.15, 0.2) is 0 Å². The lowest BCUT2D eigenvalue weighted by Gasteiger charge is -2.47. The van der Waals surface area contributed by atoms with Crippen molar-refractivity contribution in [2.75, 3.05) is 13.2 Å². The summed E-state index contributed by atoms with van der Waals surface area (Å²) in [6.07, 6.45) is 7.78. The molecule has 1 saturated carbocycles. The minimum absolute atomic E-state index is 0.0288. The summed E-state index contributed by atoms with van der Waals surface area (Å²) in [6.45, 7) is 5.31. The van der Waals surface area contributed by atoms with Gasteiger partial charge in [0, 0.05) is 24.7 Å². The molecule has 2 N–H and O–H groups in total. The van der Waals surface area contributed by atoms with E-state index < -0.39 is 0 Å². The van der Waals surface area contributed by atoms with Gasteiger partial charge in [0.2, 0.25) is 5.91 Å². The summed E-state index contributed by atoms with van der Waals surface area (Å²) < 4.78 is 0. The van der Waals surface area contributed by atoms with E-state index >= 15 is 0 Å². The summed E-state index contributed by atoms with van der Waals surface area (Å²) in [7, 11) is 0. The lowest BCUT2D eigenvalue weighted by Crippen LogP contribution is -2.57. The zero-order valence-electron chi connectivity index (χ0n) is 12.3. The third kappa shape index (κ3) is 3.29. The highest BCUT2D eigenvalue weighted by atomic mass is 16.3. The second kappa shape index (κ2) is 6.23. The van der Waals surface area contributed by atoms with Gasteiger partial charge in [-0.05, 0) is 39.5 Å². The maximum absolute atomic E-state index is 12.3. The third-order valence-corrected chi connectivity index (χ3v) is 4.74. The molecule has 1 atom stereocenters. The van der Waals surface area contributed by atoms with Gasteiger partial charge in [0.05, 0.1) is 6.04 Å². The summed E-state index contributed by atoms with van der Waals surface area (Å²) in [5, 5.41) is 12.3. The molecule has 1 aliphatic heterocycles. The Kier molecular flexibility index (Phi) is 4.85. The molecule has 0 aromatic heterocycles. The molecule has 1 saturated heterocycles. The van der Waals surface area contributed by atoms with Crippen molar-refractivity contribution in [3.05, 3.63) is 0 Å². The first-order chi connectivity index (χ1) is 9.06. The van der Waals surface area contributed by atoms with Gasteiger partial charge >= 0.3 is 0 Å². The smallest absolute Gasteiger partial charge is 0.237 e. The van der Waals surface area contributed by atoms with Crippen LogP contribution in [0.3, 0.4) is 0 Å². The molecule has 1 aliphatic carbocycles. The van der Waals surface area contributed by atoms with Crippen LogP contribution in [0.4, 0.5) is 0 Å². The van der Waals surface area contributed by atoms with E-state index in [0.29, 0.717) is 12.5 Å². The monoisotopic (exact) mass is 268 g/mol. The van der Waals surface area contributed by atoms with E-state index in [1.807, 2.05) is 0 Å². The molecule has 4 heteroatoms. The molecule has 0 aromatic rings. The van der Waals surface area contributed by atoms with Crippen molar-refractivity contribution >= 4 is 5.91 Å². The number of nitrogens with zero attached hydrogens (tertiary/aromatic N) is 1. The molecule has 4 nitrogen and oxygen atoms in total. The summed E-state index contributed by atoms with van der Waals surface area (Å²) in [4.78, 5) is 14.7. The average Bonchev–Trinajstić information content (AvgIpc) is 2.48. The number of carbonyl (C=O) groups excluding carboxylic acids is 1. The zero-order chi connectivity index (χ0) is 13.9. The first-order valence-corrected chi connectivity index (χ1v) is 7.73. The van der Waals surface area contributed by atoms with Crippen LogP contribution in [0.2, 0.25) is 0 Å². The molecular formula is C15H28N2O2. The van der Waals surface area contributed by atoms with Crippen molar-refractivity contribution in [1.29, 1.82) is 0 Å². The Morgan fingerprint density at radius 1 is 1.32 bits per heavy atom. The van der Waals surface area contributed by atoms with E-state index in [-0.39, 0.29) is 24.1 Å². The molecule has 0 spiro atoms. The first kappa shape index (κ1) is 14.8. The fraction of sp³-hybridized carbons (Fsp3) is 0.933. The molecule has 0 bridgehead atoms. The van der Waals surface area contributed by atoms with Gasteiger partial charge in [-0.15, -0.1) is 0 Å². The molecule has 1 heterocycles. The molecule has 0 aromatic carbocycles. The third-order valence-electron chi connectivity index (χ3n) is 4.74. The lowest BCUT2D eigenvalue weighted by atomic mass is 9.87. The standard InChI is InChI=1S/C15H28N2O2/c1-15(2)9-10-16-14(19)13(8-11-18)17(15)12-6-4-3-5-7-12/h12-13,18H,3-11H2,1-2H3,(H,16,19). The number of amides is 1. The largest absolute Gasteiger partial charge is 0.396 e. The number of rotatable bonds is 3. The van der Waals surface area contributed by atoms with Crippen LogP contribution in [0.15, 0.2) is 0 Å². The summed E-state index contributed by atoms with van der Waals surface area (Å²) in [5.41, 5.74) is 0.0288. The van der Waals surface area contributed by atoms with E-state index in [0.717, 1.165) is 13.0 Å². The van der Waals surface area contributed by atoms with Crippen molar-refractivity contribution in [2.24, 2.45) is 0 Å². The first-order valence-electron chi connectivity index (χ1n) is 7.73. The van der Waals surface area contributed by atoms with Crippen molar-refractivity contribution < 1.29 is 9.90 Å². The fourth-order valence-electron chi connectivity index (χ4n) is 3.79. The van der Waals surface area contributed by atoms with Crippen LogP contribution in [0.5, 0.6) is 0 Å². The minimum atomic E-state index is -0.161. The fourth-order valence-corrected chi connectivity index (χ4v) is 3.79. The second-order valence-corrected chi connectivity index (χ2v) is 6.58. The van der Waals surface area contributed by atoms with Crippen molar-refractivity contribution in [3.63, 3.8) is 0 Å². The number of hydrogen-bond acceptors (Lipinski definition) is 3. The van der Waals surface area contributed by atoms with E-state index in [4.69, 9.17) is 0 Å². The van der Waals surface area contributed by atoms with E-state index in [1.165, 1.54) is 32.1 Å². The molecule has 2 fully saturated rings. The zero-order valence-corrected chi connectivity index (χ0v) is 12.3. The van der Waals surface area contributed by atoms with Gasteiger partial charge in [-0.3, -0.25) is 9.69 Å². The van der Waals surface area contributed by atoms with Gasteiger partial charge in [0.1, 0.15) is 0 Å². The summed E-state index contributed by atoms with van der Waals surface area (Å²) in [5.74, 6) is 0.102. The SMILES string of the molecule is CC1(C)CCNC(=O)C(CCO)N1C1CCCCC1. The number of nitrogens with one attached hydrogen (secondary N) is 1. The Balaban J connectivity index is 2.24. The molecule has 110 valence electrons. The average molecular weight is 268 g/mol. The Labute approximate surface area is 116 Å².